The van der Waals surface area contributed by atoms with Crippen molar-refractivity contribution in [3.63, 3.8) is 0 Å². The first-order valence-corrected chi connectivity index (χ1v) is 12.8. The lowest BCUT2D eigenvalue weighted by molar-refractivity contribution is -0.118. The van der Waals surface area contributed by atoms with Crippen molar-refractivity contribution in [2.45, 2.75) is 44.9 Å². The highest BCUT2D eigenvalue weighted by atomic mass is 32.1. The van der Waals surface area contributed by atoms with E-state index in [9.17, 15) is 9.59 Å². The first-order chi connectivity index (χ1) is 16.1. The number of aromatic nitrogens is 2. The Morgan fingerprint density at radius 1 is 1.09 bits per heavy atom. The number of nitrogens with zero attached hydrogens (tertiary/aromatic N) is 3. The van der Waals surface area contributed by atoms with Crippen LogP contribution in [0.5, 0.6) is 0 Å². The smallest absolute Gasteiger partial charge is 0.264 e. The van der Waals surface area contributed by atoms with Gasteiger partial charge in [-0.2, -0.15) is 5.10 Å². The monoisotopic (exact) mass is 460 g/mol. The van der Waals surface area contributed by atoms with Gasteiger partial charge in [-0.15, -0.1) is 11.3 Å². The molecule has 1 aliphatic heterocycles. The van der Waals surface area contributed by atoms with Crippen molar-refractivity contribution in [3.8, 4) is 5.69 Å². The highest BCUT2D eigenvalue weighted by Crippen LogP contribution is 2.59. The summed E-state index contributed by atoms with van der Waals surface area (Å²) < 4.78 is 1.79. The fraction of sp³-hybridized carbons (Fsp3) is 0.423. The van der Waals surface area contributed by atoms with Crippen molar-refractivity contribution in [2.75, 3.05) is 18.4 Å². The molecule has 1 saturated carbocycles. The molecule has 3 aliphatic rings. The van der Waals surface area contributed by atoms with Gasteiger partial charge in [-0.1, -0.05) is 0 Å². The molecule has 2 aromatic heterocycles. The second-order valence-corrected chi connectivity index (χ2v) is 10.6. The second-order valence-electron chi connectivity index (χ2n) is 9.67. The van der Waals surface area contributed by atoms with Gasteiger partial charge in [-0.3, -0.25) is 9.59 Å². The summed E-state index contributed by atoms with van der Waals surface area (Å²) in [6.45, 7) is 1.52. The number of benzene rings is 1. The molecule has 6 nitrogen and oxygen atoms in total. The fourth-order valence-electron chi connectivity index (χ4n) is 5.62. The van der Waals surface area contributed by atoms with Crippen LogP contribution in [-0.2, 0) is 17.6 Å². The van der Waals surface area contributed by atoms with E-state index in [1.165, 1.54) is 24.0 Å². The quantitative estimate of drug-likeness (QED) is 0.614. The number of likely N-dealkylation sites (tertiary alicyclic amines) is 1. The van der Waals surface area contributed by atoms with Gasteiger partial charge in [-0.05, 0) is 97.2 Å². The first kappa shape index (κ1) is 20.7. The number of thiophene rings is 1. The van der Waals surface area contributed by atoms with Crippen LogP contribution in [-0.4, -0.2) is 39.6 Å². The average molecular weight is 461 g/mol. The molecular weight excluding hydrogens is 432 g/mol. The van der Waals surface area contributed by atoms with Crippen LogP contribution in [0.3, 0.4) is 0 Å². The molecular formula is C26H28N4O2S. The summed E-state index contributed by atoms with van der Waals surface area (Å²) in [7, 11) is 0. The van der Waals surface area contributed by atoms with Gasteiger partial charge < -0.3 is 10.2 Å². The van der Waals surface area contributed by atoms with E-state index in [2.05, 4.69) is 15.8 Å². The van der Waals surface area contributed by atoms with E-state index in [0.717, 1.165) is 61.4 Å². The molecule has 2 amide bonds. The molecule has 0 radical (unpaired) electrons. The molecule has 3 heterocycles. The Hall–Kier alpha value is -2.93. The summed E-state index contributed by atoms with van der Waals surface area (Å²) in [5.41, 5.74) is 4.54. The van der Waals surface area contributed by atoms with E-state index in [-0.39, 0.29) is 23.1 Å². The number of hydrogen-bond donors (Lipinski definition) is 1. The van der Waals surface area contributed by atoms with E-state index in [4.69, 9.17) is 0 Å². The molecule has 2 fully saturated rings. The van der Waals surface area contributed by atoms with Crippen molar-refractivity contribution in [1.29, 1.82) is 0 Å². The minimum atomic E-state index is 0.0510. The van der Waals surface area contributed by atoms with Crippen LogP contribution >= 0.6 is 11.3 Å². The standard InChI is InChI=1S/C26H28N4O2S/c31-24(28-19-6-8-20(9-7-19)30-13-3-12-27-30)22-16-26(22)10-14-29(15-11-26)25(32)23-21-5-2-1-4-18(21)17-33-23/h3,6-9,12-13,17,22H,1-2,4-5,10-11,14-16H2,(H,28,31). The zero-order valence-electron chi connectivity index (χ0n) is 18.6. The van der Waals surface area contributed by atoms with Gasteiger partial charge in [0.05, 0.1) is 10.6 Å². The number of fused-ring (bicyclic) bond motifs is 1. The van der Waals surface area contributed by atoms with Gasteiger partial charge in [0.15, 0.2) is 0 Å². The number of rotatable bonds is 4. The number of nitrogens with one attached hydrogen (secondary N) is 1. The highest BCUT2D eigenvalue weighted by Gasteiger charge is 2.58. The third kappa shape index (κ3) is 3.78. The maximum absolute atomic E-state index is 13.2. The Balaban J connectivity index is 1.05. The Morgan fingerprint density at radius 3 is 2.64 bits per heavy atom. The summed E-state index contributed by atoms with van der Waals surface area (Å²) >= 11 is 1.63. The summed E-state index contributed by atoms with van der Waals surface area (Å²) in [6.07, 6.45) is 11.0. The predicted molar refractivity (Wildman–Crippen MR) is 129 cm³/mol. The molecule has 1 spiro atoms. The third-order valence-corrected chi connectivity index (χ3v) is 8.81. The summed E-state index contributed by atoms with van der Waals surface area (Å²) in [6, 6.07) is 9.65. The van der Waals surface area contributed by atoms with E-state index < -0.39 is 0 Å². The molecule has 1 unspecified atom stereocenters. The van der Waals surface area contributed by atoms with Crippen molar-refractivity contribution < 1.29 is 9.59 Å². The fourth-order valence-corrected chi connectivity index (χ4v) is 6.74. The van der Waals surface area contributed by atoms with Gasteiger partial charge in [-0.25, -0.2) is 4.68 Å². The predicted octanol–water partition coefficient (Wildman–Crippen LogP) is 4.69. The van der Waals surface area contributed by atoms with Crippen molar-refractivity contribution in [1.82, 2.24) is 14.7 Å². The first-order valence-electron chi connectivity index (χ1n) is 11.9. The maximum atomic E-state index is 13.2. The minimum absolute atomic E-state index is 0.0510. The van der Waals surface area contributed by atoms with Crippen LogP contribution in [0, 0.1) is 11.3 Å². The molecule has 33 heavy (non-hydrogen) atoms. The lowest BCUT2D eigenvalue weighted by atomic mass is 9.90. The molecule has 2 aliphatic carbocycles. The van der Waals surface area contributed by atoms with E-state index >= 15 is 0 Å². The molecule has 7 heteroatoms. The van der Waals surface area contributed by atoms with Crippen LogP contribution in [0.2, 0.25) is 0 Å². The van der Waals surface area contributed by atoms with E-state index in [1.807, 2.05) is 41.4 Å². The molecule has 1 saturated heterocycles. The number of aryl methyl sites for hydroxylation is 1. The van der Waals surface area contributed by atoms with Gasteiger partial charge in [0, 0.05) is 37.1 Å². The Bertz CT molecular complexity index is 1170. The normalized spacial score (nSPS) is 21.0. The van der Waals surface area contributed by atoms with Gasteiger partial charge in [0.25, 0.3) is 5.91 Å². The number of carbonyl (C=O) groups excluding carboxylic acids is 2. The lowest BCUT2D eigenvalue weighted by Crippen LogP contribution is -2.40. The minimum Gasteiger partial charge on any atom is -0.338 e. The van der Waals surface area contributed by atoms with Crippen LogP contribution in [0.4, 0.5) is 5.69 Å². The molecule has 6 rings (SSSR count). The molecule has 1 N–H and O–H groups in total. The Labute approximate surface area is 197 Å². The number of piperidine rings is 1. The molecule has 0 bridgehead atoms. The summed E-state index contributed by atoms with van der Waals surface area (Å²) in [5.74, 6) is 0.362. The number of carbonyl (C=O) groups is 2. The highest BCUT2D eigenvalue weighted by molar-refractivity contribution is 7.12. The van der Waals surface area contributed by atoms with Crippen LogP contribution in [0.25, 0.3) is 5.69 Å². The van der Waals surface area contributed by atoms with Crippen molar-refractivity contribution in [2.24, 2.45) is 11.3 Å². The molecule has 170 valence electrons. The largest absolute Gasteiger partial charge is 0.338 e. The number of anilines is 1. The maximum Gasteiger partial charge on any atom is 0.264 e. The summed E-state index contributed by atoms with van der Waals surface area (Å²) in [4.78, 5) is 29.1. The molecule has 1 atom stereocenters. The average Bonchev–Trinajstić information content (AvgIpc) is 3.21. The van der Waals surface area contributed by atoms with Gasteiger partial charge in [0.2, 0.25) is 5.91 Å². The molecule has 1 aromatic carbocycles. The van der Waals surface area contributed by atoms with Crippen molar-refractivity contribution in [3.05, 3.63) is 64.1 Å². The number of hydrogen-bond acceptors (Lipinski definition) is 4. The van der Waals surface area contributed by atoms with Crippen LogP contribution in [0.15, 0.2) is 48.1 Å². The zero-order chi connectivity index (χ0) is 22.4. The van der Waals surface area contributed by atoms with Gasteiger partial charge in [0.1, 0.15) is 0 Å². The van der Waals surface area contributed by atoms with Crippen LogP contribution in [0.1, 0.15) is 52.9 Å². The number of amides is 2. The van der Waals surface area contributed by atoms with E-state index in [0.29, 0.717) is 0 Å². The molecule has 3 aromatic rings. The van der Waals surface area contributed by atoms with E-state index in [1.54, 1.807) is 22.2 Å². The summed E-state index contributed by atoms with van der Waals surface area (Å²) in [5, 5.41) is 9.51. The SMILES string of the molecule is O=C(Nc1ccc(-n2cccn2)cc1)C1CC12CCN(C(=O)c1scc3c1CCCC3)CC2. The second kappa shape index (κ2) is 8.13. The topological polar surface area (TPSA) is 67.2 Å². The lowest BCUT2D eigenvalue weighted by Gasteiger charge is -2.33. The Kier molecular flexibility index (Phi) is 5.09. The van der Waals surface area contributed by atoms with Gasteiger partial charge >= 0.3 is 0 Å². The third-order valence-electron chi connectivity index (χ3n) is 7.75. The van der Waals surface area contributed by atoms with Crippen LogP contribution < -0.4 is 5.32 Å². The zero-order valence-corrected chi connectivity index (χ0v) is 19.4. The van der Waals surface area contributed by atoms with Crippen molar-refractivity contribution >= 4 is 28.8 Å². The Morgan fingerprint density at radius 2 is 1.88 bits per heavy atom.